The average molecular weight is 423 g/mol. The quantitative estimate of drug-likeness (QED) is 0.736. The van der Waals surface area contributed by atoms with Gasteiger partial charge in [0.2, 0.25) is 0 Å². The van der Waals surface area contributed by atoms with Gasteiger partial charge in [0.1, 0.15) is 0 Å². The van der Waals surface area contributed by atoms with E-state index in [1.807, 2.05) is 4.90 Å². The first kappa shape index (κ1) is 22.0. The Kier molecular flexibility index (Phi) is 6.55. The molecule has 0 aliphatic carbocycles. The fraction of sp³-hybridized carbons (Fsp3) is 0.409. The summed E-state index contributed by atoms with van der Waals surface area (Å²) < 4.78 is 51.0. The molecule has 1 N–H and O–H groups in total. The van der Waals surface area contributed by atoms with Crippen LogP contribution in [0.3, 0.4) is 0 Å². The Bertz CT molecular complexity index is 892. The third kappa shape index (κ3) is 4.53. The molecule has 1 heterocycles. The number of benzene rings is 2. The van der Waals surface area contributed by atoms with Crippen LogP contribution in [0.5, 0.6) is 11.5 Å². The molecule has 5 nitrogen and oxygen atoms in total. The van der Waals surface area contributed by atoms with Gasteiger partial charge in [-0.05, 0) is 49.7 Å². The van der Waals surface area contributed by atoms with E-state index < -0.39 is 29.7 Å². The zero-order valence-electron chi connectivity index (χ0n) is 16.8. The number of ether oxygens (including phenoxy) is 2. The van der Waals surface area contributed by atoms with Gasteiger partial charge in [-0.15, -0.1) is 0 Å². The van der Waals surface area contributed by atoms with Gasteiger partial charge in [-0.2, -0.15) is 13.2 Å². The second-order valence-corrected chi connectivity index (χ2v) is 7.26. The molecule has 1 atom stereocenters. The number of alkyl halides is 3. The summed E-state index contributed by atoms with van der Waals surface area (Å²) in [5.74, 6) is -0.366. The summed E-state index contributed by atoms with van der Waals surface area (Å²) in [6, 6.07) is 9.99. The Labute approximate surface area is 173 Å². The summed E-state index contributed by atoms with van der Waals surface area (Å²) in [7, 11) is 2.99. The molecule has 1 aliphatic rings. The number of piperidine rings is 1. The largest absolute Gasteiger partial charge is 0.493 e. The maximum Gasteiger partial charge on any atom is 0.416 e. The smallest absolute Gasteiger partial charge is 0.416 e. The predicted molar refractivity (Wildman–Crippen MR) is 105 cm³/mol. The Morgan fingerprint density at radius 3 is 2.33 bits per heavy atom. The number of carboxylic acid groups (broad SMARTS) is 1. The first-order valence-electron chi connectivity index (χ1n) is 9.61. The number of nitrogens with zero attached hydrogens (tertiary/aromatic N) is 1. The number of halogens is 3. The van der Waals surface area contributed by atoms with Crippen LogP contribution in [-0.4, -0.2) is 43.3 Å². The molecule has 2 aromatic carbocycles. The Morgan fingerprint density at radius 1 is 1.10 bits per heavy atom. The van der Waals surface area contributed by atoms with Crippen molar-refractivity contribution in [1.82, 2.24) is 4.90 Å². The predicted octanol–water partition coefficient (Wildman–Crippen LogP) is 4.61. The third-order valence-electron chi connectivity index (χ3n) is 5.50. The second kappa shape index (κ2) is 8.95. The van der Waals surface area contributed by atoms with Crippen LogP contribution >= 0.6 is 0 Å². The minimum atomic E-state index is -4.46. The highest BCUT2D eigenvalue weighted by Gasteiger charge is 2.35. The molecule has 0 radical (unpaired) electrons. The fourth-order valence-electron chi connectivity index (χ4n) is 4.00. The van der Waals surface area contributed by atoms with Crippen LogP contribution in [0.25, 0.3) is 0 Å². The number of carbonyl (C=O) groups is 1. The van der Waals surface area contributed by atoms with Gasteiger partial charge in [-0.1, -0.05) is 24.3 Å². The number of methoxy groups -OCH3 is 2. The molecule has 0 aromatic heterocycles. The van der Waals surface area contributed by atoms with Gasteiger partial charge >= 0.3 is 12.1 Å². The van der Waals surface area contributed by atoms with Gasteiger partial charge < -0.3 is 14.6 Å². The van der Waals surface area contributed by atoms with E-state index in [2.05, 4.69) is 0 Å². The van der Waals surface area contributed by atoms with Gasteiger partial charge in [-0.25, -0.2) is 0 Å². The zero-order valence-corrected chi connectivity index (χ0v) is 16.8. The summed E-state index contributed by atoms with van der Waals surface area (Å²) >= 11 is 0. The number of hydrogen-bond donors (Lipinski definition) is 1. The molecule has 30 heavy (non-hydrogen) atoms. The van der Waals surface area contributed by atoms with Crippen LogP contribution in [0.15, 0.2) is 42.5 Å². The molecule has 1 aliphatic heterocycles. The highest BCUT2D eigenvalue weighted by atomic mass is 19.4. The maximum absolute atomic E-state index is 13.4. The Hall–Kier alpha value is -2.74. The molecule has 0 saturated carbocycles. The van der Waals surface area contributed by atoms with Crippen molar-refractivity contribution in [2.24, 2.45) is 5.92 Å². The number of aliphatic carboxylic acids is 1. The fourth-order valence-corrected chi connectivity index (χ4v) is 4.00. The van der Waals surface area contributed by atoms with Gasteiger partial charge in [0.05, 0.1) is 31.7 Å². The van der Waals surface area contributed by atoms with Gasteiger partial charge in [0, 0.05) is 5.56 Å². The molecule has 0 amide bonds. The molecule has 1 unspecified atom stereocenters. The normalized spacial score (nSPS) is 16.8. The number of rotatable bonds is 6. The van der Waals surface area contributed by atoms with Gasteiger partial charge in [0.25, 0.3) is 0 Å². The summed E-state index contributed by atoms with van der Waals surface area (Å²) in [5.41, 5.74) is 0.405. The lowest BCUT2D eigenvalue weighted by molar-refractivity contribution is -0.143. The van der Waals surface area contributed by atoms with Crippen LogP contribution in [0.1, 0.15) is 35.6 Å². The van der Waals surface area contributed by atoms with Crippen molar-refractivity contribution in [2.75, 3.05) is 27.3 Å². The van der Waals surface area contributed by atoms with Crippen LogP contribution < -0.4 is 9.47 Å². The van der Waals surface area contributed by atoms with Gasteiger partial charge in [-0.3, -0.25) is 9.69 Å². The molecular formula is C22H24F3NO4. The van der Waals surface area contributed by atoms with Crippen molar-refractivity contribution in [1.29, 1.82) is 0 Å². The molecule has 0 bridgehead atoms. The molecule has 1 fully saturated rings. The minimum Gasteiger partial charge on any atom is -0.493 e. The lowest BCUT2D eigenvalue weighted by atomic mass is 9.90. The molecule has 162 valence electrons. The summed E-state index contributed by atoms with van der Waals surface area (Å²) in [6.07, 6.45) is -3.61. The Balaban J connectivity index is 2.08. The van der Waals surface area contributed by atoms with Crippen molar-refractivity contribution in [3.63, 3.8) is 0 Å². The van der Waals surface area contributed by atoms with E-state index in [9.17, 15) is 23.1 Å². The van der Waals surface area contributed by atoms with E-state index in [1.54, 1.807) is 24.3 Å². The number of carboxylic acids is 1. The summed E-state index contributed by atoms with van der Waals surface area (Å²) in [5, 5.41) is 9.29. The number of para-hydroxylation sites is 1. The van der Waals surface area contributed by atoms with E-state index in [0.717, 1.165) is 12.1 Å². The molecular weight excluding hydrogens is 399 g/mol. The third-order valence-corrected chi connectivity index (χ3v) is 5.50. The summed E-state index contributed by atoms with van der Waals surface area (Å²) in [6.45, 7) is 0.885. The van der Waals surface area contributed by atoms with E-state index in [4.69, 9.17) is 9.47 Å². The lowest BCUT2D eigenvalue weighted by Crippen LogP contribution is -2.39. The van der Waals surface area contributed by atoms with Gasteiger partial charge in [0.15, 0.2) is 11.5 Å². The van der Waals surface area contributed by atoms with E-state index >= 15 is 0 Å². The van der Waals surface area contributed by atoms with E-state index in [1.165, 1.54) is 20.3 Å². The summed E-state index contributed by atoms with van der Waals surface area (Å²) in [4.78, 5) is 13.3. The molecule has 8 heteroatoms. The monoisotopic (exact) mass is 423 g/mol. The van der Waals surface area contributed by atoms with Crippen molar-refractivity contribution in [2.45, 2.75) is 25.1 Å². The van der Waals surface area contributed by atoms with E-state index in [-0.39, 0.29) is 0 Å². The molecule has 0 spiro atoms. The van der Waals surface area contributed by atoms with Crippen LogP contribution in [0, 0.1) is 5.92 Å². The van der Waals surface area contributed by atoms with E-state index in [0.29, 0.717) is 48.6 Å². The SMILES string of the molecule is COc1cccc(C(c2cccc(C(F)(F)F)c2)N2CCC(C(=O)O)CC2)c1OC. The topological polar surface area (TPSA) is 59.0 Å². The van der Waals surface area contributed by atoms with Crippen LogP contribution in [0.4, 0.5) is 13.2 Å². The molecule has 2 aromatic rings. The maximum atomic E-state index is 13.4. The van der Waals surface area contributed by atoms with Crippen molar-refractivity contribution < 1.29 is 32.5 Å². The first-order valence-corrected chi connectivity index (χ1v) is 9.61. The second-order valence-electron chi connectivity index (χ2n) is 7.26. The standard InChI is InChI=1S/C22H24F3NO4/c1-29-18-8-4-7-17(20(18)30-2)19(26-11-9-14(10-12-26)21(27)28)15-5-3-6-16(13-15)22(23,24)25/h3-8,13-14,19H,9-12H2,1-2H3,(H,27,28). The highest BCUT2D eigenvalue weighted by Crippen LogP contribution is 2.42. The lowest BCUT2D eigenvalue weighted by Gasteiger charge is -2.37. The molecule has 3 rings (SSSR count). The van der Waals surface area contributed by atoms with Crippen molar-refractivity contribution in [3.8, 4) is 11.5 Å². The Morgan fingerprint density at radius 2 is 1.77 bits per heavy atom. The first-order chi connectivity index (χ1) is 14.3. The average Bonchev–Trinajstić information content (AvgIpc) is 2.73. The highest BCUT2D eigenvalue weighted by molar-refractivity contribution is 5.70. The van der Waals surface area contributed by atoms with Crippen molar-refractivity contribution >= 4 is 5.97 Å². The molecule has 1 saturated heterocycles. The van der Waals surface area contributed by atoms with Crippen molar-refractivity contribution in [3.05, 3.63) is 59.2 Å². The minimum absolute atomic E-state index is 0.428. The number of hydrogen-bond acceptors (Lipinski definition) is 4. The zero-order chi connectivity index (χ0) is 21.9. The van der Waals surface area contributed by atoms with Crippen LogP contribution in [0.2, 0.25) is 0 Å². The van der Waals surface area contributed by atoms with Crippen LogP contribution in [-0.2, 0) is 11.0 Å². The number of likely N-dealkylation sites (tertiary alicyclic amines) is 1.